The van der Waals surface area contributed by atoms with E-state index in [1.165, 1.54) is 11.3 Å². The Balaban J connectivity index is 2.15. The number of thiophene rings is 1. The van der Waals surface area contributed by atoms with Crippen molar-refractivity contribution < 1.29 is 9.90 Å². The molecule has 1 aliphatic heterocycles. The molecule has 1 aromatic heterocycles. The summed E-state index contributed by atoms with van der Waals surface area (Å²) < 4.78 is 0. The zero-order chi connectivity index (χ0) is 13.0. The number of carbonyl (C=O) groups is 1. The van der Waals surface area contributed by atoms with Gasteiger partial charge in [-0.1, -0.05) is 18.8 Å². The largest absolute Gasteiger partial charge is 0.384 e. The summed E-state index contributed by atoms with van der Waals surface area (Å²) in [5.41, 5.74) is 0.727. The molecule has 1 unspecified atom stereocenters. The lowest BCUT2D eigenvalue weighted by Gasteiger charge is -2.30. The van der Waals surface area contributed by atoms with Crippen LogP contribution < -0.4 is 0 Å². The van der Waals surface area contributed by atoms with E-state index in [9.17, 15) is 4.79 Å². The van der Waals surface area contributed by atoms with E-state index in [0.717, 1.165) is 24.4 Å². The highest BCUT2D eigenvalue weighted by atomic mass is 32.2. The van der Waals surface area contributed by atoms with Crippen molar-refractivity contribution in [3.05, 3.63) is 21.9 Å². The van der Waals surface area contributed by atoms with Gasteiger partial charge in [-0.25, -0.2) is 0 Å². The molecule has 96 valence electrons. The molecule has 0 radical (unpaired) electrons. The van der Waals surface area contributed by atoms with E-state index in [1.54, 1.807) is 0 Å². The summed E-state index contributed by atoms with van der Waals surface area (Å²) in [5, 5.41) is 11.1. The minimum absolute atomic E-state index is 0.0689. The second-order valence-electron chi connectivity index (χ2n) is 4.06. The Morgan fingerprint density at radius 2 is 2.50 bits per heavy atom. The fourth-order valence-corrected chi connectivity index (χ4v) is 3.68. The zero-order valence-electron chi connectivity index (χ0n) is 10.2. The number of carbonyl (C=O) groups excluding carboxylic acids is 1. The number of rotatable bonds is 1. The topological polar surface area (TPSA) is 40.5 Å². The van der Waals surface area contributed by atoms with Crippen LogP contribution in [0.4, 0.5) is 0 Å². The lowest BCUT2D eigenvalue weighted by atomic mass is 10.2. The minimum atomic E-state index is -0.180. The van der Waals surface area contributed by atoms with Gasteiger partial charge >= 0.3 is 0 Å². The van der Waals surface area contributed by atoms with E-state index in [-0.39, 0.29) is 12.5 Å². The van der Waals surface area contributed by atoms with Crippen LogP contribution >= 0.6 is 23.1 Å². The number of nitrogens with zero attached hydrogens (tertiary/aromatic N) is 1. The molecule has 1 saturated heterocycles. The average molecular weight is 281 g/mol. The first kappa shape index (κ1) is 13.5. The van der Waals surface area contributed by atoms with Crippen LogP contribution in [0.2, 0.25) is 0 Å². The Morgan fingerprint density at radius 1 is 1.67 bits per heavy atom. The van der Waals surface area contributed by atoms with Gasteiger partial charge in [0.2, 0.25) is 0 Å². The van der Waals surface area contributed by atoms with Crippen LogP contribution in [0.15, 0.2) is 11.4 Å². The van der Waals surface area contributed by atoms with Crippen molar-refractivity contribution in [2.24, 2.45) is 0 Å². The van der Waals surface area contributed by atoms with Gasteiger partial charge in [-0.3, -0.25) is 4.79 Å². The highest BCUT2D eigenvalue weighted by molar-refractivity contribution is 7.99. The molecular weight excluding hydrogens is 266 g/mol. The van der Waals surface area contributed by atoms with Gasteiger partial charge in [-0.05, 0) is 11.4 Å². The van der Waals surface area contributed by atoms with Crippen molar-refractivity contribution in [2.75, 3.05) is 25.4 Å². The van der Waals surface area contributed by atoms with Gasteiger partial charge in [0.1, 0.15) is 11.5 Å². The van der Waals surface area contributed by atoms with E-state index in [2.05, 4.69) is 18.8 Å². The number of hydrogen-bond donors (Lipinski definition) is 1. The molecular formula is C13H15NO2S2. The maximum Gasteiger partial charge on any atom is 0.265 e. The highest BCUT2D eigenvalue weighted by Gasteiger charge is 2.24. The zero-order valence-corrected chi connectivity index (χ0v) is 11.8. The molecule has 3 nitrogen and oxygen atoms in total. The van der Waals surface area contributed by atoms with Crippen LogP contribution in [0.5, 0.6) is 0 Å². The van der Waals surface area contributed by atoms with E-state index < -0.39 is 0 Å². The monoisotopic (exact) mass is 281 g/mol. The lowest BCUT2D eigenvalue weighted by molar-refractivity contribution is 0.0768. The van der Waals surface area contributed by atoms with Gasteiger partial charge in [0, 0.05) is 29.7 Å². The molecule has 1 fully saturated rings. The van der Waals surface area contributed by atoms with Crippen LogP contribution in [0.25, 0.3) is 0 Å². The molecule has 0 bridgehead atoms. The fourth-order valence-electron chi connectivity index (χ4n) is 1.85. The Kier molecular flexibility index (Phi) is 4.70. The summed E-state index contributed by atoms with van der Waals surface area (Å²) in [6.45, 7) is 3.57. The van der Waals surface area contributed by atoms with Gasteiger partial charge in [0.05, 0.1) is 0 Å². The molecule has 0 aliphatic carbocycles. The molecule has 1 aromatic rings. The van der Waals surface area contributed by atoms with Gasteiger partial charge in [-0.15, -0.1) is 11.3 Å². The molecule has 1 aliphatic rings. The lowest BCUT2D eigenvalue weighted by Crippen LogP contribution is -2.40. The fraction of sp³-hybridized carbons (Fsp3) is 0.462. The van der Waals surface area contributed by atoms with Crippen molar-refractivity contribution in [3.8, 4) is 11.8 Å². The third kappa shape index (κ3) is 3.08. The molecule has 1 amide bonds. The van der Waals surface area contributed by atoms with Crippen molar-refractivity contribution in [1.82, 2.24) is 4.90 Å². The van der Waals surface area contributed by atoms with Crippen LogP contribution in [-0.4, -0.2) is 46.6 Å². The van der Waals surface area contributed by atoms with Crippen LogP contribution in [0.3, 0.4) is 0 Å². The van der Waals surface area contributed by atoms with Crippen molar-refractivity contribution in [3.63, 3.8) is 0 Å². The molecule has 0 spiro atoms. The summed E-state index contributed by atoms with van der Waals surface area (Å²) in [5.74, 6) is 6.49. The predicted octanol–water partition coefficient (Wildman–Crippen LogP) is 1.67. The summed E-state index contributed by atoms with van der Waals surface area (Å²) in [6.07, 6.45) is 0. The first-order chi connectivity index (χ1) is 8.72. The smallest absolute Gasteiger partial charge is 0.265 e. The van der Waals surface area contributed by atoms with Crippen LogP contribution in [0, 0.1) is 11.8 Å². The number of amides is 1. The van der Waals surface area contributed by atoms with E-state index in [4.69, 9.17) is 5.11 Å². The number of hydrogen-bond acceptors (Lipinski definition) is 4. The molecule has 5 heteroatoms. The summed E-state index contributed by atoms with van der Waals surface area (Å²) >= 11 is 3.32. The molecule has 0 aromatic carbocycles. The van der Waals surface area contributed by atoms with Crippen molar-refractivity contribution in [2.45, 2.75) is 12.2 Å². The first-order valence-electron chi connectivity index (χ1n) is 5.80. The molecule has 0 saturated carbocycles. The van der Waals surface area contributed by atoms with E-state index in [0.29, 0.717) is 10.1 Å². The van der Waals surface area contributed by atoms with Crippen LogP contribution in [0.1, 0.15) is 22.2 Å². The number of thioether (sulfide) groups is 1. The summed E-state index contributed by atoms with van der Waals surface area (Å²) in [4.78, 5) is 15.0. The van der Waals surface area contributed by atoms with E-state index >= 15 is 0 Å². The van der Waals surface area contributed by atoms with E-state index in [1.807, 2.05) is 28.1 Å². The van der Waals surface area contributed by atoms with Gasteiger partial charge in [0.15, 0.2) is 0 Å². The van der Waals surface area contributed by atoms with Gasteiger partial charge in [0.25, 0.3) is 5.91 Å². The van der Waals surface area contributed by atoms with Gasteiger partial charge < -0.3 is 10.0 Å². The second-order valence-corrected chi connectivity index (χ2v) is 6.52. The minimum Gasteiger partial charge on any atom is -0.384 e. The normalized spacial score (nSPS) is 19.2. The Bertz CT molecular complexity index is 487. The molecule has 1 N–H and O–H groups in total. The Hall–Kier alpha value is -0.960. The SMILES string of the molecule is CC1CN(C(=O)c2sccc2C#CCO)CCS1. The third-order valence-electron chi connectivity index (χ3n) is 2.69. The second kappa shape index (κ2) is 6.28. The molecule has 2 rings (SSSR count). The quantitative estimate of drug-likeness (QED) is 0.796. The molecule has 18 heavy (non-hydrogen) atoms. The number of aliphatic hydroxyl groups is 1. The van der Waals surface area contributed by atoms with Gasteiger partial charge in [-0.2, -0.15) is 11.8 Å². The molecule has 2 heterocycles. The van der Waals surface area contributed by atoms with Crippen LogP contribution in [-0.2, 0) is 0 Å². The predicted molar refractivity (Wildman–Crippen MR) is 76.1 cm³/mol. The summed E-state index contributed by atoms with van der Waals surface area (Å²) in [7, 11) is 0. The average Bonchev–Trinajstić information content (AvgIpc) is 2.83. The third-order valence-corrected chi connectivity index (χ3v) is 4.73. The highest BCUT2D eigenvalue weighted by Crippen LogP contribution is 2.23. The maximum absolute atomic E-state index is 12.4. The first-order valence-corrected chi connectivity index (χ1v) is 7.73. The Labute approximate surface area is 115 Å². The van der Waals surface area contributed by atoms with Crippen molar-refractivity contribution in [1.29, 1.82) is 0 Å². The Morgan fingerprint density at radius 3 is 3.22 bits per heavy atom. The standard InChI is InChI=1S/C13H15NO2S2/c1-10-9-14(5-8-17-10)13(16)12-11(3-2-6-15)4-7-18-12/h4,7,10,15H,5-6,8-9H2,1H3. The number of aliphatic hydroxyl groups excluding tert-OH is 1. The van der Waals surface area contributed by atoms with Crippen molar-refractivity contribution >= 4 is 29.0 Å². The summed E-state index contributed by atoms with van der Waals surface area (Å²) in [6, 6.07) is 1.84. The maximum atomic E-state index is 12.4. The molecule has 1 atom stereocenters.